The lowest BCUT2D eigenvalue weighted by Gasteiger charge is -2.46. The number of urea groups is 1. The molecule has 0 unspecified atom stereocenters. The number of nitrogens with zero attached hydrogens (tertiary/aromatic N) is 6. The number of piperidine rings is 1. The van der Waals surface area contributed by atoms with Gasteiger partial charge >= 0.3 is 12.2 Å². The van der Waals surface area contributed by atoms with E-state index in [1.54, 1.807) is 42.1 Å². The van der Waals surface area contributed by atoms with Crippen molar-refractivity contribution >= 4 is 29.1 Å². The second kappa shape index (κ2) is 10.0. The molecule has 38 heavy (non-hydrogen) atoms. The van der Waals surface area contributed by atoms with Crippen molar-refractivity contribution in [2.45, 2.75) is 44.6 Å². The number of hydrogen-bond donors (Lipinski definition) is 0. The number of aryl methyl sites for hydroxylation is 1. The minimum Gasteiger partial charge on any atom is -0.479 e. The zero-order valence-corrected chi connectivity index (χ0v) is 22.0. The maximum atomic E-state index is 13.9. The molecule has 0 N–H and O–H groups in total. The quantitative estimate of drug-likeness (QED) is 0.411. The van der Waals surface area contributed by atoms with E-state index in [4.69, 9.17) is 16.3 Å². The van der Waals surface area contributed by atoms with Crippen LogP contribution < -0.4 is 14.5 Å². The van der Waals surface area contributed by atoms with Gasteiger partial charge in [0.1, 0.15) is 5.69 Å². The number of alkyl halides is 3. The van der Waals surface area contributed by atoms with Crippen molar-refractivity contribution in [2.24, 2.45) is 7.05 Å². The smallest absolute Gasteiger partial charge is 0.416 e. The molecule has 1 saturated heterocycles. The molecule has 0 radical (unpaired) electrons. The number of ether oxygens (including phenoxy) is 1. The third kappa shape index (κ3) is 4.63. The first kappa shape index (κ1) is 26.1. The van der Waals surface area contributed by atoms with Crippen LogP contribution in [0.1, 0.15) is 42.5 Å². The van der Waals surface area contributed by atoms with Gasteiger partial charge in [-0.25, -0.2) is 9.78 Å². The number of carbonyl (C=O) groups is 1. The van der Waals surface area contributed by atoms with Gasteiger partial charge in [-0.05, 0) is 37.5 Å². The molecule has 2 aromatic heterocycles. The van der Waals surface area contributed by atoms with Crippen LogP contribution in [-0.4, -0.2) is 51.9 Å². The van der Waals surface area contributed by atoms with Crippen LogP contribution >= 0.6 is 11.6 Å². The number of carbonyl (C=O) groups excluding carboxylic acids is 1. The van der Waals surface area contributed by atoms with E-state index in [0.29, 0.717) is 48.3 Å². The maximum Gasteiger partial charge on any atom is 0.416 e. The average Bonchev–Trinajstić information content (AvgIpc) is 3.28. The van der Waals surface area contributed by atoms with Crippen molar-refractivity contribution in [2.75, 3.05) is 30.0 Å². The molecule has 1 fully saturated rings. The van der Waals surface area contributed by atoms with Gasteiger partial charge in [0.25, 0.3) is 0 Å². The number of benzene rings is 1. The number of anilines is 2. The molecule has 5 rings (SSSR count). The molecular weight excluding hydrogens is 521 g/mol. The summed E-state index contributed by atoms with van der Waals surface area (Å²) in [5.74, 6) is 0.829. The fourth-order valence-corrected chi connectivity index (χ4v) is 5.74. The van der Waals surface area contributed by atoms with Gasteiger partial charge < -0.3 is 14.5 Å². The first-order valence-electron chi connectivity index (χ1n) is 12.3. The fourth-order valence-electron chi connectivity index (χ4n) is 5.48. The van der Waals surface area contributed by atoms with Crippen LogP contribution in [0.4, 0.5) is 29.5 Å². The first-order valence-corrected chi connectivity index (χ1v) is 12.7. The van der Waals surface area contributed by atoms with Gasteiger partial charge in [-0.1, -0.05) is 29.8 Å². The number of hydrogen-bond acceptors (Lipinski definition) is 5. The van der Waals surface area contributed by atoms with Crippen LogP contribution in [0.2, 0.25) is 5.02 Å². The van der Waals surface area contributed by atoms with Crippen LogP contribution in [0.25, 0.3) is 0 Å². The van der Waals surface area contributed by atoms with E-state index < -0.39 is 11.7 Å². The van der Waals surface area contributed by atoms with Gasteiger partial charge in [0.2, 0.25) is 5.88 Å². The van der Waals surface area contributed by atoms with Crippen LogP contribution in [0.15, 0.2) is 42.7 Å². The Morgan fingerprint density at radius 1 is 1.16 bits per heavy atom. The standard InChI is InChI=1S/C26H28ClF3N6O2/c1-16-19-15-33(2)32-23(19)35(14-17-6-4-5-7-20(17)26(28,29)30)25(37)36(16)18-9-12-34(13-10-18)22-21(27)8-11-31-24(22)38-3/h4-8,11,15-16,18H,9-10,12-14H2,1-3H3/t16-/m0/s1. The Labute approximate surface area is 223 Å². The van der Waals surface area contributed by atoms with Crippen molar-refractivity contribution in [1.29, 1.82) is 0 Å². The van der Waals surface area contributed by atoms with E-state index in [2.05, 4.69) is 15.0 Å². The summed E-state index contributed by atoms with van der Waals surface area (Å²) >= 11 is 6.45. The summed E-state index contributed by atoms with van der Waals surface area (Å²) in [5, 5.41) is 4.99. The Hall–Kier alpha value is -3.47. The number of aromatic nitrogens is 3. The molecule has 1 aromatic carbocycles. The van der Waals surface area contributed by atoms with E-state index in [1.165, 1.54) is 17.0 Å². The number of amides is 2. The van der Waals surface area contributed by atoms with E-state index in [0.717, 1.165) is 11.6 Å². The summed E-state index contributed by atoms with van der Waals surface area (Å²) in [5.41, 5.74) is 0.780. The Balaban J connectivity index is 1.43. The Morgan fingerprint density at radius 3 is 2.55 bits per heavy atom. The molecule has 4 heterocycles. The van der Waals surface area contributed by atoms with Gasteiger partial charge in [0.05, 0.1) is 30.3 Å². The van der Waals surface area contributed by atoms with E-state index in [9.17, 15) is 18.0 Å². The monoisotopic (exact) mass is 548 g/mol. The summed E-state index contributed by atoms with van der Waals surface area (Å²) in [6.07, 6.45) is 0.177. The topological polar surface area (TPSA) is 66.7 Å². The van der Waals surface area contributed by atoms with E-state index in [-0.39, 0.29) is 30.2 Å². The average molecular weight is 549 g/mol. The lowest BCUT2D eigenvalue weighted by atomic mass is 9.97. The molecule has 2 amide bonds. The van der Waals surface area contributed by atoms with Crippen LogP contribution in [-0.2, 0) is 19.8 Å². The number of methoxy groups -OCH3 is 1. The normalized spacial score (nSPS) is 18.7. The van der Waals surface area contributed by atoms with Crippen LogP contribution in [0.3, 0.4) is 0 Å². The molecule has 2 aliphatic heterocycles. The zero-order valence-electron chi connectivity index (χ0n) is 21.2. The predicted molar refractivity (Wildman–Crippen MR) is 138 cm³/mol. The fraction of sp³-hybridized carbons (Fsp3) is 0.423. The molecular formula is C26H28ClF3N6O2. The number of fused-ring (bicyclic) bond motifs is 1. The highest BCUT2D eigenvalue weighted by Crippen LogP contribution is 2.42. The zero-order chi connectivity index (χ0) is 27.2. The molecule has 0 bridgehead atoms. The van der Waals surface area contributed by atoms with Crippen molar-refractivity contribution in [3.05, 3.63) is 64.4 Å². The van der Waals surface area contributed by atoms with E-state index in [1.807, 2.05) is 13.1 Å². The highest BCUT2D eigenvalue weighted by atomic mass is 35.5. The van der Waals surface area contributed by atoms with Gasteiger partial charge in [-0.3, -0.25) is 9.58 Å². The first-order chi connectivity index (χ1) is 18.1. The summed E-state index contributed by atoms with van der Waals surface area (Å²) in [6, 6.07) is 6.30. The summed E-state index contributed by atoms with van der Waals surface area (Å²) in [4.78, 5) is 23.4. The Morgan fingerprint density at radius 2 is 1.87 bits per heavy atom. The molecule has 202 valence electrons. The van der Waals surface area contributed by atoms with E-state index >= 15 is 0 Å². The second-order valence-electron chi connectivity index (χ2n) is 9.56. The number of halogens is 4. The van der Waals surface area contributed by atoms with Gasteiger partial charge in [0.15, 0.2) is 5.82 Å². The lowest BCUT2D eigenvalue weighted by molar-refractivity contribution is -0.138. The molecule has 0 aliphatic carbocycles. The highest BCUT2D eigenvalue weighted by Gasteiger charge is 2.43. The lowest BCUT2D eigenvalue weighted by Crippen LogP contribution is -2.55. The van der Waals surface area contributed by atoms with Crippen molar-refractivity contribution in [3.63, 3.8) is 0 Å². The molecule has 1 atom stereocenters. The Bertz CT molecular complexity index is 1340. The Kier molecular flexibility index (Phi) is 6.89. The molecule has 3 aromatic rings. The van der Waals surface area contributed by atoms with Crippen molar-refractivity contribution in [1.82, 2.24) is 19.7 Å². The highest BCUT2D eigenvalue weighted by molar-refractivity contribution is 6.33. The largest absolute Gasteiger partial charge is 0.479 e. The summed E-state index contributed by atoms with van der Waals surface area (Å²) < 4.78 is 48.2. The number of rotatable bonds is 5. The van der Waals surface area contributed by atoms with Gasteiger partial charge in [-0.15, -0.1) is 0 Å². The summed E-state index contributed by atoms with van der Waals surface area (Å²) in [7, 11) is 3.28. The maximum absolute atomic E-state index is 13.9. The number of pyridine rings is 1. The minimum absolute atomic E-state index is 0.0209. The van der Waals surface area contributed by atoms with Gasteiger partial charge in [0, 0.05) is 44.1 Å². The SMILES string of the molecule is COc1nccc(Cl)c1N1CCC(N2C(=O)N(Cc3ccccc3C(F)(F)F)c3nn(C)cc3[C@@H]2C)CC1. The molecule has 0 spiro atoms. The van der Waals surface area contributed by atoms with Crippen molar-refractivity contribution in [3.8, 4) is 5.88 Å². The predicted octanol–water partition coefficient (Wildman–Crippen LogP) is 5.67. The van der Waals surface area contributed by atoms with Crippen molar-refractivity contribution < 1.29 is 22.7 Å². The second-order valence-corrected chi connectivity index (χ2v) is 9.96. The molecule has 0 saturated carbocycles. The third-order valence-electron chi connectivity index (χ3n) is 7.27. The molecule has 12 heteroatoms. The van der Waals surface area contributed by atoms with Crippen LogP contribution in [0, 0.1) is 0 Å². The minimum atomic E-state index is -4.53. The molecule has 2 aliphatic rings. The van der Waals surface area contributed by atoms with Gasteiger partial charge in [-0.2, -0.15) is 18.3 Å². The van der Waals surface area contributed by atoms with Crippen LogP contribution in [0.5, 0.6) is 5.88 Å². The third-order valence-corrected chi connectivity index (χ3v) is 7.58. The summed E-state index contributed by atoms with van der Waals surface area (Å²) in [6.45, 7) is 2.93. The molecule has 8 nitrogen and oxygen atoms in total.